The molecule has 0 fully saturated rings. The van der Waals surface area contributed by atoms with Crippen molar-refractivity contribution in [1.29, 1.82) is 0 Å². The maximum atomic E-state index is 13.1. The first-order chi connectivity index (χ1) is 47.1. The maximum absolute atomic E-state index is 13.1. The average molecular weight is 1420 g/mol. The summed E-state index contributed by atoms with van der Waals surface area (Å²) in [6, 6.07) is 0. The highest BCUT2D eigenvalue weighted by Crippen LogP contribution is 2.45. The van der Waals surface area contributed by atoms with Crippen LogP contribution < -0.4 is 0 Å². The van der Waals surface area contributed by atoms with E-state index in [1.54, 1.807) is 0 Å². The number of carbonyl (C=O) groups is 4. The summed E-state index contributed by atoms with van der Waals surface area (Å²) >= 11 is 0. The lowest BCUT2D eigenvalue weighted by atomic mass is 10.00. The molecule has 0 saturated carbocycles. The zero-order chi connectivity index (χ0) is 71.2. The predicted octanol–water partition coefficient (Wildman–Crippen LogP) is 23.3. The molecule has 0 aromatic heterocycles. The second-order valence-electron chi connectivity index (χ2n) is 28.3. The van der Waals surface area contributed by atoms with Gasteiger partial charge in [0.05, 0.1) is 26.4 Å². The first-order valence-corrected chi connectivity index (χ1v) is 43.7. The van der Waals surface area contributed by atoms with Gasteiger partial charge in [0.2, 0.25) is 0 Å². The molecule has 3 N–H and O–H groups in total. The number of hydrogen-bond acceptors (Lipinski definition) is 15. The minimum absolute atomic E-state index is 0.107. The Hall–Kier alpha value is -1.94. The largest absolute Gasteiger partial charge is 0.472 e. The third kappa shape index (κ3) is 70.9. The second-order valence-corrected chi connectivity index (χ2v) is 31.3. The third-order valence-electron chi connectivity index (χ3n) is 18.6. The zero-order valence-electron chi connectivity index (χ0n) is 63.2. The van der Waals surface area contributed by atoms with Crippen molar-refractivity contribution in [2.45, 2.75) is 432 Å². The zero-order valence-corrected chi connectivity index (χ0v) is 65.0. The molecular weight excluding hydrogens is 1270 g/mol. The average Bonchev–Trinajstić information content (AvgIpc) is 1.31. The highest BCUT2D eigenvalue weighted by Gasteiger charge is 2.30. The molecule has 0 radical (unpaired) electrons. The third-order valence-corrected chi connectivity index (χ3v) is 20.5. The fraction of sp³-hybridized carbons (Fsp3) is 0.949. The number of hydrogen-bond donors (Lipinski definition) is 3. The lowest BCUT2D eigenvalue weighted by Gasteiger charge is -2.21. The number of rotatable bonds is 78. The van der Waals surface area contributed by atoms with Crippen LogP contribution in [0, 0.1) is 5.92 Å². The van der Waals surface area contributed by atoms with Crippen LogP contribution in [-0.2, 0) is 65.4 Å². The molecule has 0 aromatic rings. The Kier molecular flexibility index (Phi) is 69.6. The van der Waals surface area contributed by atoms with Crippen LogP contribution in [0.1, 0.15) is 413 Å². The number of carbonyl (C=O) groups excluding carboxylic acids is 4. The van der Waals surface area contributed by atoms with Gasteiger partial charge in [-0.05, 0) is 31.6 Å². The number of phosphoric acid groups is 2. The van der Waals surface area contributed by atoms with Gasteiger partial charge in [0, 0.05) is 25.7 Å². The first kappa shape index (κ1) is 95.1. The lowest BCUT2D eigenvalue weighted by molar-refractivity contribution is -0.161. The molecule has 0 aliphatic heterocycles. The summed E-state index contributed by atoms with van der Waals surface area (Å²) in [6.07, 6.45) is 61.0. The van der Waals surface area contributed by atoms with Crippen LogP contribution in [0.4, 0.5) is 0 Å². The molecule has 0 aliphatic rings. The Morgan fingerprint density at radius 2 is 0.495 bits per heavy atom. The van der Waals surface area contributed by atoms with Gasteiger partial charge in [-0.25, -0.2) is 9.13 Å². The van der Waals surface area contributed by atoms with Gasteiger partial charge in [0.1, 0.15) is 19.3 Å². The number of aliphatic hydroxyl groups excluding tert-OH is 1. The summed E-state index contributed by atoms with van der Waals surface area (Å²) in [6.45, 7) is 7.28. The highest BCUT2D eigenvalue weighted by molar-refractivity contribution is 7.47. The van der Waals surface area contributed by atoms with E-state index in [1.165, 1.54) is 231 Å². The van der Waals surface area contributed by atoms with Crippen molar-refractivity contribution in [3.05, 3.63) is 0 Å². The Morgan fingerprint density at radius 3 is 0.732 bits per heavy atom. The van der Waals surface area contributed by atoms with Gasteiger partial charge in [-0.3, -0.25) is 37.3 Å². The molecule has 19 heteroatoms. The topological polar surface area (TPSA) is 237 Å². The molecule has 3 unspecified atom stereocenters. The van der Waals surface area contributed by atoms with Crippen molar-refractivity contribution in [1.82, 2.24) is 0 Å². The van der Waals surface area contributed by atoms with Crippen LogP contribution in [0.2, 0.25) is 0 Å². The van der Waals surface area contributed by atoms with E-state index in [4.69, 9.17) is 37.0 Å². The standard InChI is InChI=1S/C78H152O17P2/c1-6-10-13-16-19-22-25-28-31-32-33-34-35-38-41-44-47-54-59-64-77(82)94-73(67-88-75(80)61-56-51-45-42-39-36-29-26-23-20-17-14-11-7-2)69-92-96(84,85)90-65-72(79)66-91-97(86,87)93-70-74(68-89-76(81)62-57-52-49-48-50-55-60-71(5)9-4)95-78(83)63-58-53-46-43-40-37-30-27-24-21-18-15-12-8-3/h71-74,79H,6-70H2,1-5H3,(H,84,85)(H,86,87)/t71?,72-,73-,74-/m1/s1. The molecule has 0 amide bonds. The van der Waals surface area contributed by atoms with Crippen LogP contribution in [0.3, 0.4) is 0 Å². The van der Waals surface area contributed by atoms with E-state index < -0.39 is 97.5 Å². The smallest absolute Gasteiger partial charge is 0.462 e. The van der Waals surface area contributed by atoms with E-state index in [2.05, 4.69) is 34.6 Å². The van der Waals surface area contributed by atoms with Crippen molar-refractivity contribution in [2.24, 2.45) is 5.92 Å². The highest BCUT2D eigenvalue weighted by atomic mass is 31.2. The maximum Gasteiger partial charge on any atom is 0.472 e. The molecule has 576 valence electrons. The predicted molar refractivity (Wildman–Crippen MR) is 395 cm³/mol. The molecule has 0 aliphatic carbocycles. The van der Waals surface area contributed by atoms with Crippen LogP contribution in [0.15, 0.2) is 0 Å². The summed E-state index contributed by atoms with van der Waals surface area (Å²) in [7, 11) is -9.91. The van der Waals surface area contributed by atoms with Crippen LogP contribution in [0.25, 0.3) is 0 Å². The Morgan fingerprint density at radius 1 is 0.289 bits per heavy atom. The summed E-state index contributed by atoms with van der Waals surface area (Å²) in [5, 5.41) is 10.6. The number of aliphatic hydroxyl groups is 1. The fourth-order valence-electron chi connectivity index (χ4n) is 12.0. The van der Waals surface area contributed by atoms with Crippen LogP contribution in [0.5, 0.6) is 0 Å². The molecule has 0 saturated heterocycles. The van der Waals surface area contributed by atoms with Gasteiger partial charge in [0.15, 0.2) is 12.2 Å². The molecule has 6 atom stereocenters. The molecule has 0 heterocycles. The summed E-state index contributed by atoms with van der Waals surface area (Å²) in [5.74, 6) is -1.38. The van der Waals surface area contributed by atoms with Gasteiger partial charge in [-0.2, -0.15) is 0 Å². The normalized spacial score (nSPS) is 14.2. The van der Waals surface area contributed by atoms with E-state index in [0.717, 1.165) is 102 Å². The molecular formula is C78H152O17P2. The van der Waals surface area contributed by atoms with E-state index in [0.29, 0.717) is 25.7 Å². The molecule has 17 nitrogen and oxygen atoms in total. The molecule has 0 bridgehead atoms. The number of unbranched alkanes of at least 4 members (excludes halogenated alkanes) is 49. The number of esters is 4. The van der Waals surface area contributed by atoms with Crippen molar-refractivity contribution >= 4 is 39.5 Å². The molecule has 0 rings (SSSR count). The minimum Gasteiger partial charge on any atom is -0.462 e. The Labute approximate surface area is 594 Å². The fourth-order valence-corrected chi connectivity index (χ4v) is 13.6. The second kappa shape index (κ2) is 71.1. The summed E-state index contributed by atoms with van der Waals surface area (Å²) in [5.41, 5.74) is 0. The Balaban J connectivity index is 5.23. The van der Waals surface area contributed by atoms with Crippen molar-refractivity contribution in [3.8, 4) is 0 Å². The van der Waals surface area contributed by atoms with Gasteiger partial charge >= 0.3 is 39.5 Å². The van der Waals surface area contributed by atoms with Crippen LogP contribution in [-0.4, -0.2) is 96.7 Å². The molecule has 97 heavy (non-hydrogen) atoms. The quantitative estimate of drug-likeness (QED) is 0.0222. The first-order valence-electron chi connectivity index (χ1n) is 40.7. The summed E-state index contributed by atoms with van der Waals surface area (Å²) < 4.78 is 68.6. The number of ether oxygens (including phenoxy) is 4. The molecule has 0 aromatic carbocycles. The monoisotopic (exact) mass is 1420 g/mol. The van der Waals surface area contributed by atoms with E-state index >= 15 is 0 Å². The van der Waals surface area contributed by atoms with E-state index in [1.807, 2.05) is 0 Å². The Bertz CT molecular complexity index is 1860. The van der Waals surface area contributed by atoms with Crippen molar-refractivity contribution < 1.29 is 80.2 Å². The van der Waals surface area contributed by atoms with Gasteiger partial charge < -0.3 is 33.8 Å². The summed E-state index contributed by atoms with van der Waals surface area (Å²) in [4.78, 5) is 72.9. The van der Waals surface area contributed by atoms with Gasteiger partial charge in [0.25, 0.3) is 0 Å². The van der Waals surface area contributed by atoms with Crippen molar-refractivity contribution in [3.63, 3.8) is 0 Å². The van der Waals surface area contributed by atoms with E-state index in [-0.39, 0.29) is 25.7 Å². The lowest BCUT2D eigenvalue weighted by Crippen LogP contribution is -2.30. The SMILES string of the molecule is CCCCCCCCCCCCCCCCCCCCCC(=O)O[C@H](COC(=O)CCCCCCCCCCCCCCCC)COP(=O)(O)OC[C@@H](O)COP(=O)(O)OC[C@@H](COC(=O)CCCCCCCCC(C)CC)OC(=O)CCCCCCCCCCCCCCCC. The van der Waals surface area contributed by atoms with Crippen LogP contribution >= 0.6 is 15.6 Å². The van der Waals surface area contributed by atoms with Gasteiger partial charge in [-0.15, -0.1) is 0 Å². The van der Waals surface area contributed by atoms with Gasteiger partial charge in [-0.1, -0.05) is 362 Å². The number of phosphoric ester groups is 2. The van der Waals surface area contributed by atoms with E-state index in [9.17, 15) is 43.2 Å². The molecule has 0 spiro atoms. The minimum atomic E-state index is -4.96. The van der Waals surface area contributed by atoms with Crippen molar-refractivity contribution in [2.75, 3.05) is 39.6 Å².